The van der Waals surface area contributed by atoms with Gasteiger partial charge in [-0.3, -0.25) is 4.79 Å². The Balaban J connectivity index is 1.61. The monoisotopic (exact) mass is 407 g/mol. The van der Waals surface area contributed by atoms with Gasteiger partial charge >= 0.3 is 0 Å². The third kappa shape index (κ3) is 5.30. The fraction of sp³-hybridized carbons (Fsp3) is 0.158. The Labute approximate surface area is 164 Å². The van der Waals surface area contributed by atoms with Gasteiger partial charge in [-0.2, -0.15) is 13.9 Å². The van der Waals surface area contributed by atoms with E-state index < -0.39 is 5.76 Å². The highest BCUT2D eigenvalue weighted by molar-refractivity contribution is 7.99. The van der Waals surface area contributed by atoms with Crippen molar-refractivity contribution in [3.05, 3.63) is 71.5 Å². The molecule has 0 aliphatic rings. The first-order valence-corrected chi connectivity index (χ1v) is 9.41. The number of benzene rings is 2. The number of hydrogen-bond acceptors (Lipinski definition) is 3. The standard InChI is InChI=1S/C19H16ClF2N3OS/c20-15-7-4-8-16(18(15)27-19(21)22)24-17(26)10-9-13-11-23-25(12-13)14-5-2-1-3-6-14/h1-8,11-12,19H,9-10H2,(H,24,26). The predicted molar refractivity (Wildman–Crippen MR) is 104 cm³/mol. The molecular formula is C19H16ClF2N3OS. The van der Waals surface area contributed by atoms with Crippen LogP contribution in [0.5, 0.6) is 0 Å². The number of para-hydroxylation sites is 1. The molecule has 2 aromatic carbocycles. The first-order chi connectivity index (χ1) is 13.0. The molecule has 0 saturated carbocycles. The van der Waals surface area contributed by atoms with Crippen LogP contribution in [0.25, 0.3) is 5.69 Å². The second-order valence-corrected chi connectivity index (χ2v) is 7.08. The predicted octanol–water partition coefficient (Wildman–Crippen LogP) is 5.41. The lowest BCUT2D eigenvalue weighted by molar-refractivity contribution is -0.116. The zero-order valence-corrected chi connectivity index (χ0v) is 15.7. The lowest BCUT2D eigenvalue weighted by Gasteiger charge is -2.11. The molecule has 0 aliphatic heterocycles. The Bertz CT molecular complexity index is 918. The van der Waals surface area contributed by atoms with E-state index in [1.807, 2.05) is 36.5 Å². The van der Waals surface area contributed by atoms with Crippen molar-refractivity contribution in [1.82, 2.24) is 9.78 Å². The van der Waals surface area contributed by atoms with Crippen molar-refractivity contribution in [2.24, 2.45) is 0 Å². The lowest BCUT2D eigenvalue weighted by Crippen LogP contribution is -2.13. The van der Waals surface area contributed by atoms with Gasteiger partial charge in [0.1, 0.15) is 0 Å². The fourth-order valence-electron chi connectivity index (χ4n) is 2.50. The number of anilines is 1. The maximum Gasteiger partial charge on any atom is 0.289 e. The second-order valence-electron chi connectivity index (χ2n) is 5.67. The number of amides is 1. The van der Waals surface area contributed by atoms with Gasteiger partial charge in [-0.05, 0) is 36.2 Å². The Hall–Kier alpha value is -2.38. The molecule has 0 saturated heterocycles. The van der Waals surface area contributed by atoms with E-state index in [2.05, 4.69) is 10.4 Å². The van der Waals surface area contributed by atoms with Crippen molar-refractivity contribution in [1.29, 1.82) is 0 Å². The average molecular weight is 408 g/mol. The Kier molecular flexibility index (Phi) is 6.47. The second kappa shape index (κ2) is 9.01. The van der Waals surface area contributed by atoms with Crippen LogP contribution in [-0.4, -0.2) is 21.4 Å². The van der Waals surface area contributed by atoms with Crippen LogP contribution in [0.1, 0.15) is 12.0 Å². The topological polar surface area (TPSA) is 46.9 Å². The molecule has 3 rings (SSSR count). The van der Waals surface area contributed by atoms with Crippen LogP contribution < -0.4 is 5.32 Å². The van der Waals surface area contributed by atoms with Crippen molar-refractivity contribution < 1.29 is 13.6 Å². The molecule has 0 aliphatic carbocycles. The molecule has 0 radical (unpaired) electrons. The van der Waals surface area contributed by atoms with Crippen molar-refractivity contribution in [3.63, 3.8) is 0 Å². The van der Waals surface area contributed by atoms with Crippen molar-refractivity contribution in [2.75, 3.05) is 5.32 Å². The van der Waals surface area contributed by atoms with Crippen molar-refractivity contribution >= 4 is 35.0 Å². The summed E-state index contributed by atoms with van der Waals surface area (Å²) in [6, 6.07) is 14.3. The summed E-state index contributed by atoms with van der Waals surface area (Å²) in [6.45, 7) is 0. The molecule has 1 amide bonds. The number of carbonyl (C=O) groups is 1. The number of halogens is 3. The third-order valence-corrected chi connectivity index (χ3v) is 5.03. The number of hydrogen-bond donors (Lipinski definition) is 1. The summed E-state index contributed by atoms with van der Waals surface area (Å²) in [4.78, 5) is 12.4. The summed E-state index contributed by atoms with van der Waals surface area (Å²) < 4.78 is 27.2. The number of nitrogens with one attached hydrogen (secondary N) is 1. The molecule has 8 heteroatoms. The van der Waals surface area contributed by atoms with E-state index in [1.54, 1.807) is 23.0 Å². The maximum atomic E-state index is 12.7. The number of thioether (sulfide) groups is 1. The van der Waals surface area contributed by atoms with Gasteiger partial charge in [0.25, 0.3) is 5.76 Å². The molecule has 0 unspecified atom stereocenters. The number of nitrogens with zero attached hydrogens (tertiary/aromatic N) is 2. The van der Waals surface area contributed by atoms with Gasteiger partial charge in [0.2, 0.25) is 5.91 Å². The number of aryl methyl sites for hydroxylation is 1. The lowest BCUT2D eigenvalue weighted by atomic mass is 10.2. The molecule has 0 atom stereocenters. The minimum atomic E-state index is -2.62. The van der Waals surface area contributed by atoms with Gasteiger partial charge in [0.15, 0.2) is 0 Å². The number of rotatable bonds is 7. The van der Waals surface area contributed by atoms with Gasteiger partial charge in [-0.15, -0.1) is 0 Å². The molecular weight excluding hydrogens is 392 g/mol. The van der Waals surface area contributed by atoms with Gasteiger partial charge in [-0.25, -0.2) is 4.68 Å². The number of alkyl halides is 2. The van der Waals surface area contributed by atoms with Crippen LogP contribution in [-0.2, 0) is 11.2 Å². The zero-order valence-electron chi connectivity index (χ0n) is 14.1. The summed E-state index contributed by atoms with van der Waals surface area (Å²) in [5.74, 6) is -2.90. The molecule has 1 heterocycles. The van der Waals surface area contributed by atoms with E-state index in [-0.39, 0.29) is 27.9 Å². The normalized spacial score (nSPS) is 11.0. The SMILES string of the molecule is O=C(CCc1cnn(-c2ccccc2)c1)Nc1cccc(Cl)c1SC(F)F. The maximum absolute atomic E-state index is 12.7. The first-order valence-electron chi connectivity index (χ1n) is 8.15. The molecule has 0 spiro atoms. The third-order valence-electron chi connectivity index (χ3n) is 3.75. The van der Waals surface area contributed by atoms with Crippen LogP contribution in [0.2, 0.25) is 5.02 Å². The van der Waals surface area contributed by atoms with E-state index >= 15 is 0 Å². The highest BCUT2D eigenvalue weighted by Crippen LogP contribution is 2.37. The van der Waals surface area contributed by atoms with Crippen molar-refractivity contribution in [2.45, 2.75) is 23.5 Å². The molecule has 1 N–H and O–H groups in total. The Morgan fingerprint density at radius 2 is 1.96 bits per heavy atom. The van der Waals surface area contributed by atoms with Crippen LogP contribution in [0, 0.1) is 0 Å². The van der Waals surface area contributed by atoms with E-state index in [0.717, 1.165) is 11.3 Å². The summed E-state index contributed by atoms with van der Waals surface area (Å²) in [5.41, 5.74) is 2.13. The average Bonchev–Trinajstić information content (AvgIpc) is 3.12. The number of aromatic nitrogens is 2. The largest absolute Gasteiger partial charge is 0.325 e. The molecule has 4 nitrogen and oxygen atoms in total. The van der Waals surface area contributed by atoms with E-state index in [4.69, 9.17) is 11.6 Å². The minimum Gasteiger partial charge on any atom is -0.325 e. The highest BCUT2D eigenvalue weighted by Gasteiger charge is 2.15. The van der Waals surface area contributed by atoms with E-state index in [9.17, 15) is 13.6 Å². The summed E-state index contributed by atoms with van der Waals surface area (Å²) in [6.07, 6.45) is 4.25. The van der Waals surface area contributed by atoms with Crippen molar-refractivity contribution in [3.8, 4) is 5.69 Å². The van der Waals surface area contributed by atoms with Crippen LogP contribution in [0.3, 0.4) is 0 Å². The Morgan fingerprint density at radius 1 is 1.19 bits per heavy atom. The van der Waals surface area contributed by atoms with Gasteiger partial charge in [0.05, 0.1) is 27.5 Å². The summed E-state index contributed by atoms with van der Waals surface area (Å²) in [5, 5.41) is 7.13. The molecule has 27 heavy (non-hydrogen) atoms. The van der Waals surface area contributed by atoms with Crippen LogP contribution in [0.4, 0.5) is 14.5 Å². The van der Waals surface area contributed by atoms with E-state index in [0.29, 0.717) is 18.2 Å². The molecule has 0 fully saturated rings. The minimum absolute atomic E-state index is 0.166. The van der Waals surface area contributed by atoms with Crippen LogP contribution >= 0.6 is 23.4 Å². The smallest absolute Gasteiger partial charge is 0.289 e. The van der Waals surface area contributed by atoms with Crippen LogP contribution in [0.15, 0.2) is 65.8 Å². The number of carbonyl (C=O) groups excluding carboxylic acids is 1. The Morgan fingerprint density at radius 3 is 2.70 bits per heavy atom. The zero-order chi connectivity index (χ0) is 19.2. The molecule has 1 aromatic heterocycles. The highest BCUT2D eigenvalue weighted by atomic mass is 35.5. The van der Waals surface area contributed by atoms with Gasteiger partial charge in [-0.1, -0.05) is 47.6 Å². The quantitative estimate of drug-likeness (QED) is 0.532. The first kappa shape index (κ1) is 19.4. The van der Waals surface area contributed by atoms with Gasteiger partial charge < -0.3 is 5.32 Å². The molecule has 0 bridgehead atoms. The summed E-state index contributed by atoms with van der Waals surface area (Å²) in [7, 11) is 0. The van der Waals surface area contributed by atoms with E-state index in [1.165, 1.54) is 6.07 Å². The summed E-state index contributed by atoms with van der Waals surface area (Å²) >= 11 is 6.29. The fourth-order valence-corrected chi connectivity index (χ4v) is 3.41. The molecule has 3 aromatic rings. The van der Waals surface area contributed by atoms with Gasteiger partial charge in [0, 0.05) is 12.6 Å². The molecule has 140 valence electrons.